The van der Waals surface area contributed by atoms with Crippen LogP contribution in [0.15, 0.2) is 22.3 Å². The Morgan fingerprint density at radius 2 is 1.68 bits per heavy atom. The third-order valence-electron chi connectivity index (χ3n) is 2.59. The van der Waals surface area contributed by atoms with Gasteiger partial charge in [-0.25, -0.2) is 22.8 Å². The van der Waals surface area contributed by atoms with E-state index in [0.29, 0.717) is 6.07 Å². The minimum absolute atomic E-state index is 0.140. The molecule has 1 N–H and O–H groups in total. The summed E-state index contributed by atoms with van der Waals surface area (Å²) in [4.78, 5) is 23.3. The second kappa shape index (κ2) is 5.64. The van der Waals surface area contributed by atoms with Crippen molar-refractivity contribution in [3.05, 3.63) is 39.8 Å². The number of benzene rings is 1. The quantitative estimate of drug-likeness (QED) is 0.281. The summed E-state index contributed by atoms with van der Waals surface area (Å²) in [6, 6.07) is 0.694. The zero-order valence-corrected chi connectivity index (χ0v) is 12.9. The molecule has 118 valence electrons. The maximum absolute atomic E-state index is 13.6. The van der Waals surface area contributed by atoms with Crippen LogP contribution in [0.2, 0.25) is 0 Å². The Hall–Kier alpha value is -2.03. The molecule has 1 aliphatic heterocycles. The summed E-state index contributed by atoms with van der Waals surface area (Å²) in [6.45, 7) is 2.72. The van der Waals surface area contributed by atoms with Crippen molar-refractivity contribution in [2.75, 3.05) is 5.32 Å². The zero-order chi connectivity index (χ0) is 16.7. The molecule has 0 atom stereocenters. The Labute approximate surface area is 131 Å². The summed E-state index contributed by atoms with van der Waals surface area (Å²) in [5.41, 5.74) is -1.04. The van der Waals surface area contributed by atoms with E-state index in [4.69, 9.17) is 9.47 Å². The van der Waals surface area contributed by atoms with E-state index in [1.54, 1.807) is 0 Å². The van der Waals surface area contributed by atoms with E-state index in [0.717, 1.165) is 6.20 Å². The molecule has 5 nitrogen and oxygen atoms in total. The van der Waals surface area contributed by atoms with Crippen LogP contribution < -0.4 is 5.32 Å². The number of anilines is 1. The highest BCUT2D eigenvalue weighted by atomic mass is 79.9. The number of carbonyl (C=O) groups is 2. The summed E-state index contributed by atoms with van der Waals surface area (Å²) < 4.78 is 49.3. The summed E-state index contributed by atoms with van der Waals surface area (Å²) in [6.07, 6.45) is 0.792. The van der Waals surface area contributed by atoms with E-state index < -0.39 is 46.4 Å². The molecular formula is C13H9BrF3NO4. The van der Waals surface area contributed by atoms with Gasteiger partial charge in [-0.1, -0.05) is 0 Å². The Kier molecular flexibility index (Phi) is 4.19. The van der Waals surface area contributed by atoms with Gasteiger partial charge in [0.05, 0.1) is 5.69 Å². The van der Waals surface area contributed by atoms with Crippen LogP contribution in [0.1, 0.15) is 13.8 Å². The summed E-state index contributed by atoms with van der Waals surface area (Å²) in [5, 5.41) is 2.21. The average Bonchev–Trinajstić information content (AvgIpc) is 2.37. The topological polar surface area (TPSA) is 64.6 Å². The van der Waals surface area contributed by atoms with Crippen molar-refractivity contribution in [3.8, 4) is 0 Å². The van der Waals surface area contributed by atoms with Crippen molar-refractivity contribution >= 4 is 33.6 Å². The molecule has 9 heteroatoms. The van der Waals surface area contributed by atoms with Crippen LogP contribution in [-0.4, -0.2) is 17.7 Å². The molecule has 1 aliphatic rings. The van der Waals surface area contributed by atoms with E-state index in [1.807, 2.05) is 0 Å². The largest absolute Gasteiger partial charge is 0.419 e. The maximum Gasteiger partial charge on any atom is 0.350 e. The zero-order valence-electron chi connectivity index (χ0n) is 11.3. The summed E-state index contributed by atoms with van der Waals surface area (Å²) in [5.74, 6) is -8.00. The molecule has 1 saturated heterocycles. The number of hydrogen-bond acceptors (Lipinski definition) is 5. The average molecular weight is 380 g/mol. The van der Waals surface area contributed by atoms with E-state index in [2.05, 4.69) is 21.2 Å². The molecule has 0 spiro atoms. The van der Waals surface area contributed by atoms with Gasteiger partial charge >= 0.3 is 11.9 Å². The Morgan fingerprint density at radius 1 is 1.14 bits per heavy atom. The molecule has 1 aromatic carbocycles. The molecule has 0 amide bonds. The summed E-state index contributed by atoms with van der Waals surface area (Å²) in [7, 11) is 0. The number of cyclic esters (lactones) is 2. The van der Waals surface area contributed by atoms with Gasteiger partial charge in [0, 0.05) is 24.5 Å². The molecule has 0 aromatic heterocycles. The predicted molar refractivity (Wildman–Crippen MR) is 72.0 cm³/mol. The second-order valence-electron chi connectivity index (χ2n) is 4.72. The lowest BCUT2D eigenvalue weighted by Crippen LogP contribution is -2.42. The van der Waals surface area contributed by atoms with Gasteiger partial charge in [0.25, 0.3) is 5.79 Å². The molecule has 22 heavy (non-hydrogen) atoms. The molecule has 0 radical (unpaired) electrons. The normalized spacial score (nSPS) is 16.9. The van der Waals surface area contributed by atoms with E-state index >= 15 is 0 Å². The van der Waals surface area contributed by atoms with Crippen molar-refractivity contribution in [1.82, 2.24) is 0 Å². The number of esters is 2. The predicted octanol–water partition coefficient (Wildman–Crippen LogP) is 3.00. The van der Waals surface area contributed by atoms with Crippen LogP contribution in [0, 0.1) is 17.5 Å². The lowest BCUT2D eigenvalue weighted by Gasteiger charge is -2.29. The summed E-state index contributed by atoms with van der Waals surface area (Å²) >= 11 is 2.83. The molecule has 0 saturated carbocycles. The first-order valence-electron chi connectivity index (χ1n) is 5.89. The van der Waals surface area contributed by atoms with Gasteiger partial charge in [-0.15, -0.1) is 0 Å². The van der Waals surface area contributed by atoms with Crippen LogP contribution in [0.4, 0.5) is 18.9 Å². The molecule has 0 aliphatic carbocycles. The molecular weight excluding hydrogens is 371 g/mol. The van der Waals surface area contributed by atoms with Crippen LogP contribution in [-0.2, 0) is 19.1 Å². The molecule has 1 fully saturated rings. The third kappa shape index (κ3) is 3.08. The van der Waals surface area contributed by atoms with Gasteiger partial charge in [-0.2, -0.15) is 0 Å². The number of ether oxygens (including phenoxy) is 2. The highest BCUT2D eigenvalue weighted by molar-refractivity contribution is 9.10. The van der Waals surface area contributed by atoms with Gasteiger partial charge in [0.1, 0.15) is 0 Å². The van der Waals surface area contributed by atoms with Crippen LogP contribution >= 0.6 is 15.9 Å². The van der Waals surface area contributed by atoms with Gasteiger partial charge in [0.2, 0.25) is 0 Å². The van der Waals surface area contributed by atoms with Crippen LogP contribution in [0.3, 0.4) is 0 Å². The standard InChI is InChI=1S/C13H9BrF3NO4/c1-13(2)21-11(19)5(12(20)22-13)4-18-10-6(14)3-7(15)8(16)9(10)17/h3-4,18H,1-2H3. The van der Waals surface area contributed by atoms with Crippen molar-refractivity contribution in [3.63, 3.8) is 0 Å². The van der Waals surface area contributed by atoms with Crippen molar-refractivity contribution in [2.24, 2.45) is 0 Å². The fourth-order valence-corrected chi connectivity index (χ4v) is 2.11. The lowest BCUT2D eigenvalue weighted by molar-refractivity contribution is -0.222. The van der Waals surface area contributed by atoms with Crippen molar-refractivity contribution in [2.45, 2.75) is 19.6 Å². The fourth-order valence-electron chi connectivity index (χ4n) is 1.62. The molecule has 0 bridgehead atoms. The molecule has 1 aromatic rings. The highest BCUT2D eigenvalue weighted by Gasteiger charge is 2.39. The van der Waals surface area contributed by atoms with E-state index in [-0.39, 0.29) is 4.47 Å². The first kappa shape index (κ1) is 16.3. The Balaban J connectivity index is 2.32. The highest BCUT2D eigenvalue weighted by Crippen LogP contribution is 2.30. The SMILES string of the molecule is CC1(C)OC(=O)C(=CNc2c(Br)cc(F)c(F)c2F)C(=O)O1. The minimum atomic E-state index is -1.70. The first-order valence-corrected chi connectivity index (χ1v) is 6.68. The third-order valence-corrected chi connectivity index (χ3v) is 3.22. The smallest absolute Gasteiger partial charge is 0.350 e. The second-order valence-corrected chi connectivity index (χ2v) is 5.58. The number of halogens is 4. The number of carbonyl (C=O) groups excluding carboxylic acids is 2. The van der Waals surface area contributed by atoms with Crippen LogP contribution in [0.5, 0.6) is 0 Å². The van der Waals surface area contributed by atoms with E-state index in [9.17, 15) is 22.8 Å². The Morgan fingerprint density at radius 3 is 2.23 bits per heavy atom. The van der Waals surface area contributed by atoms with Crippen molar-refractivity contribution in [1.29, 1.82) is 0 Å². The van der Waals surface area contributed by atoms with Gasteiger partial charge in [-0.3, -0.25) is 0 Å². The number of hydrogen-bond donors (Lipinski definition) is 1. The lowest BCUT2D eigenvalue weighted by atomic mass is 10.2. The minimum Gasteiger partial charge on any atom is -0.419 e. The van der Waals surface area contributed by atoms with Crippen LogP contribution in [0.25, 0.3) is 0 Å². The molecule has 0 unspecified atom stereocenters. The Bertz CT molecular complexity index is 681. The van der Waals surface area contributed by atoms with E-state index in [1.165, 1.54) is 13.8 Å². The maximum atomic E-state index is 13.6. The fraction of sp³-hybridized carbons (Fsp3) is 0.231. The van der Waals surface area contributed by atoms with Gasteiger partial charge < -0.3 is 14.8 Å². The first-order chi connectivity index (χ1) is 10.1. The number of rotatable bonds is 2. The monoisotopic (exact) mass is 379 g/mol. The number of nitrogens with one attached hydrogen (secondary N) is 1. The van der Waals surface area contributed by atoms with Gasteiger partial charge in [-0.05, 0) is 22.0 Å². The molecule has 2 rings (SSSR count). The van der Waals surface area contributed by atoms with Gasteiger partial charge in [0.15, 0.2) is 23.0 Å². The molecule has 1 heterocycles. The van der Waals surface area contributed by atoms with Crippen molar-refractivity contribution < 1.29 is 32.2 Å².